The fourth-order valence-electron chi connectivity index (χ4n) is 5.00. The van der Waals surface area contributed by atoms with Crippen LogP contribution in [0.1, 0.15) is 26.4 Å². The van der Waals surface area contributed by atoms with Crippen LogP contribution in [0.25, 0.3) is 11.1 Å². The normalized spacial score (nSPS) is 18.6. The molecule has 1 fully saturated rings. The molecule has 4 heterocycles. The van der Waals surface area contributed by atoms with Crippen LogP contribution in [0.5, 0.6) is 11.5 Å². The highest BCUT2D eigenvalue weighted by atomic mass is 19.1. The Labute approximate surface area is 241 Å². The molecule has 9 nitrogen and oxygen atoms in total. The number of rotatable bonds is 1. The van der Waals surface area contributed by atoms with Crippen LogP contribution in [0.15, 0.2) is 91.1 Å². The molecule has 1 aromatic heterocycles. The van der Waals surface area contributed by atoms with Gasteiger partial charge in [-0.15, -0.1) is 0 Å². The van der Waals surface area contributed by atoms with Crippen LogP contribution in [-0.2, 0) is 11.3 Å². The number of pyridine rings is 1. The Morgan fingerprint density at radius 1 is 0.905 bits per heavy atom. The Balaban J connectivity index is 1.33. The van der Waals surface area contributed by atoms with Gasteiger partial charge in [0.25, 0.3) is 17.7 Å². The maximum Gasteiger partial charge on any atom is 0.272 e. The first-order chi connectivity index (χ1) is 20.4. The van der Waals surface area contributed by atoms with E-state index in [1.54, 1.807) is 71.8 Å². The number of likely N-dealkylation sites (tertiary alicyclic amines) is 1. The van der Waals surface area contributed by atoms with Crippen molar-refractivity contribution in [2.45, 2.75) is 18.7 Å². The zero-order valence-electron chi connectivity index (χ0n) is 22.5. The molecule has 42 heavy (non-hydrogen) atoms. The minimum Gasteiger partial charge on any atom is -0.486 e. The SMILES string of the molecule is O=C1COc2cccc(c2)-c2ccc(F)c(c2)C(=O)N[C@H]2CN(C(=O)c3ccccn3)C[C@@H]2Oc2ccc(cc2)CN1. The highest BCUT2D eigenvalue weighted by Gasteiger charge is 2.39. The third-order valence-corrected chi connectivity index (χ3v) is 7.20. The van der Waals surface area contributed by atoms with E-state index < -0.39 is 23.9 Å². The fraction of sp³-hybridized carbons (Fsp3) is 0.188. The van der Waals surface area contributed by atoms with Gasteiger partial charge in [-0.25, -0.2) is 4.39 Å². The van der Waals surface area contributed by atoms with Crippen molar-refractivity contribution in [3.8, 4) is 22.6 Å². The predicted molar refractivity (Wildman–Crippen MR) is 151 cm³/mol. The second-order valence-electron chi connectivity index (χ2n) is 10.1. The van der Waals surface area contributed by atoms with Crippen LogP contribution >= 0.6 is 0 Å². The molecule has 0 unspecified atom stereocenters. The van der Waals surface area contributed by atoms with Crippen LogP contribution in [0.4, 0.5) is 4.39 Å². The number of fused-ring (bicyclic) bond motifs is 7. The topological polar surface area (TPSA) is 110 Å². The van der Waals surface area contributed by atoms with E-state index in [1.165, 1.54) is 12.1 Å². The van der Waals surface area contributed by atoms with E-state index in [4.69, 9.17) is 9.47 Å². The predicted octanol–water partition coefficient (Wildman–Crippen LogP) is 3.60. The first-order valence-electron chi connectivity index (χ1n) is 13.5. The summed E-state index contributed by atoms with van der Waals surface area (Å²) in [5.74, 6) is -0.926. The summed E-state index contributed by atoms with van der Waals surface area (Å²) in [5, 5.41) is 5.73. The van der Waals surface area contributed by atoms with Crippen LogP contribution in [-0.4, -0.2) is 59.4 Å². The molecule has 7 rings (SSSR count). The Hall–Kier alpha value is -5.25. The van der Waals surface area contributed by atoms with Gasteiger partial charge in [-0.05, 0) is 65.2 Å². The van der Waals surface area contributed by atoms with Crippen molar-refractivity contribution >= 4 is 17.7 Å². The molecule has 1 saturated heterocycles. The number of halogens is 1. The number of carbonyl (C=O) groups excluding carboxylic acids is 3. The molecule has 3 aliphatic heterocycles. The first-order valence-corrected chi connectivity index (χ1v) is 13.5. The van der Waals surface area contributed by atoms with E-state index in [9.17, 15) is 18.8 Å². The summed E-state index contributed by atoms with van der Waals surface area (Å²) in [6, 6.07) is 22.9. The van der Waals surface area contributed by atoms with Crippen LogP contribution in [0.2, 0.25) is 0 Å². The number of aromatic nitrogens is 1. The largest absolute Gasteiger partial charge is 0.486 e. The first kappa shape index (κ1) is 26.9. The molecule has 3 amide bonds. The van der Waals surface area contributed by atoms with Gasteiger partial charge >= 0.3 is 0 Å². The van der Waals surface area contributed by atoms with Gasteiger partial charge in [0.1, 0.15) is 29.1 Å². The highest BCUT2D eigenvalue weighted by molar-refractivity contribution is 5.96. The molecule has 10 heteroatoms. The number of nitrogens with one attached hydrogen (secondary N) is 2. The van der Waals surface area contributed by atoms with E-state index in [0.29, 0.717) is 29.2 Å². The average molecular weight is 567 g/mol. The van der Waals surface area contributed by atoms with Gasteiger partial charge in [0, 0.05) is 19.3 Å². The molecule has 0 spiro atoms. The van der Waals surface area contributed by atoms with Crippen molar-refractivity contribution in [1.82, 2.24) is 20.5 Å². The number of hydrogen-bond acceptors (Lipinski definition) is 6. The average Bonchev–Trinajstić information content (AvgIpc) is 3.41. The Morgan fingerprint density at radius 2 is 1.74 bits per heavy atom. The van der Waals surface area contributed by atoms with Crippen LogP contribution < -0.4 is 20.1 Å². The molecule has 0 saturated carbocycles. The van der Waals surface area contributed by atoms with Crippen molar-refractivity contribution in [1.29, 1.82) is 0 Å². The highest BCUT2D eigenvalue weighted by Crippen LogP contribution is 2.27. The van der Waals surface area contributed by atoms with Crippen molar-refractivity contribution < 1.29 is 28.2 Å². The summed E-state index contributed by atoms with van der Waals surface area (Å²) in [7, 11) is 0. The molecule has 4 aromatic rings. The van der Waals surface area contributed by atoms with E-state index >= 15 is 0 Å². The molecule has 0 radical (unpaired) electrons. The smallest absolute Gasteiger partial charge is 0.272 e. The molecular weight excluding hydrogens is 539 g/mol. The molecule has 3 aliphatic rings. The summed E-state index contributed by atoms with van der Waals surface area (Å²) < 4.78 is 26.9. The summed E-state index contributed by atoms with van der Waals surface area (Å²) in [6.45, 7) is 0.456. The number of benzene rings is 3. The lowest BCUT2D eigenvalue weighted by atomic mass is 10.0. The molecule has 0 aliphatic carbocycles. The van der Waals surface area contributed by atoms with E-state index in [-0.39, 0.29) is 42.8 Å². The summed E-state index contributed by atoms with van der Waals surface area (Å²) in [4.78, 5) is 44.8. The van der Waals surface area contributed by atoms with Crippen LogP contribution in [0.3, 0.4) is 0 Å². The van der Waals surface area contributed by atoms with Gasteiger partial charge < -0.3 is 25.0 Å². The third-order valence-electron chi connectivity index (χ3n) is 7.20. The third kappa shape index (κ3) is 5.92. The molecule has 212 valence electrons. The van der Waals surface area contributed by atoms with Gasteiger partial charge in [-0.1, -0.05) is 36.4 Å². The summed E-state index contributed by atoms with van der Waals surface area (Å²) in [6.07, 6.45) is 0.928. The quantitative estimate of drug-likeness (QED) is 0.365. The lowest BCUT2D eigenvalue weighted by molar-refractivity contribution is -0.123. The van der Waals surface area contributed by atoms with Crippen molar-refractivity contribution in [2.24, 2.45) is 0 Å². The van der Waals surface area contributed by atoms with Gasteiger partial charge in [0.2, 0.25) is 0 Å². The maximum atomic E-state index is 15.0. The number of amides is 3. The number of nitrogens with zero attached hydrogens (tertiary/aromatic N) is 2. The molecule has 2 N–H and O–H groups in total. The standard InChI is InChI=1S/C32H27FN4O5/c33-26-12-9-22-15-25(26)31(39)36-28-17-37(32(40)27-6-1-2-13-34-27)18-29(28)42-23-10-7-20(8-11-23)16-35-30(38)19-41-24-5-3-4-21(22)14-24/h1-15,28-29H,16-19H2,(H,35,38)(H,36,39)/t28-,29-/m0/s1. The Kier molecular flexibility index (Phi) is 7.50. The minimum absolute atomic E-state index is 0.148. The van der Waals surface area contributed by atoms with Gasteiger partial charge in [-0.2, -0.15) is 0 Å². The molecule has 3 aromatic carbocycles. The summed E-state index contributed by atoms with van der Waals surface area (Å²) >= 11 is 0. The lowest BCUT2D eigenvalue weighted by Gasteiger charge is -2.21. The van der Waals surface area contributed by atoms with Crippen molar-refractivity contribution in [2.75, 3.05) is 19.7 Å². The van der Waals surface area contributed by atoms with E-state index in [0.717, 1.165) is 5.56 Å². The second kappa shape index (κ2) is 11.7. The Morgan fingerprint density at radius 3 is 2.55 bits per heavy atom. The van der Waals surface area contributed by atoms with Gasteiger partial charge in [-0.3, -0.25) is 19.4 Å². The molecule has 6 bridgehead atoms. The fourth-order valence-corrected chi connectivity index (χ4v) is 5.00. The maximum absolute atomic E-state index is 15.0. The number of carbonyl (C=O) groups is 3. The van der Waals surface area contributed by atoms with Gasteiger partial charge in [0.05, 0.1) is 18.2 Å². The van der Waals surface area contributed by atoms with E-state index in [2.05, 4.69) is 15.6 Å². The summed E-state index contributed by atoms with van der Waals surface area (Å²) in [5.41, 5.74) is 2.26. The van der Waals surface area contributed by atoms with Crippen molar-refractivity contribution in [3.63, 3.8) is 0 Å². The van der Waals surface area contributed by atoms with Crippen molar-refractivity contribution in [3.05, 3.63) is 114 Å². The second-order valence-corrected chi connectivity index (χ2v) is 10.1. The molecule has 2 atom stereocenters. The Bertz CT molecular complexity index is 1630. The number of ether oxygens (including phenoxy) is 2. The zero-order chi connectivity index (χ0) is 29.1. The monoisotopic (exact) mass is 566 g/mol. The van der Waals surface area contributed by atoms with E-state index in [1.807, 2.05) is 12.1 Å². The molecular formula is C32H27FN4O5. The van der Waals surface area contributed by atoms with Crippen LogP contribution in [0, 0.1) is 5.82 Å². The lowest BCUT2D eigenvalue weighted by Crippen LogP contribution is -2.45. The zero-order valence-corrected chi connectivity index (χ0v) is 22.5. The number of hydrogen-bond donors (Lipinski definition) is 2. The van der Waals surface area contributed by atoms with Gasteiger partial charge in [0.15, 0.2) is 6.61 Å². The minimum atomic E-state index is -0.685.